The summed E-state index contributed by atoms with van der Waals surface area (Å²) >= 11 is 0. The van der Waals surface area contributed by atoms with Crippen molar-refractivity contribution in [2.24, 2.45) is 5.73 Å². The van der Waals surface area contributed by atoms with Crippen molar-refractivity contribution in [3.05, 3.63) is 89.8 Å². The summed E-state index contributed by atoms with van der Waals surface area (Å²) in [7, 11) is 0. The zero-order valence-corrected chi connectivity index (χ0v) is 20.6. The van der Waals surface area contributed by atoms with Crippen LogP contribution in [-0.2, 0) is 4.74 Å². The fourth-order valence-corrected chi connectivity index (χ4v) is 4.94. The van der Waals surface area contributed by atoms with Gasteiger partial charge in [-0.3, -0.25) is 9.59 Å². The highest BCUT2D eigenvalue weighted by atomic mass is 19.1. The fourth-order valence-electron chi connectivity index (χ4n) is 4.94. The predicted octanol–water partition coefficient (Wildman–Crippen LogP) is 4.85. The lowest BCUT2D eigenvalue weighted by Crippen LogP contribution is -2.36. The highest BCUT2D eigenvalue weighted by Crippen LogP contribution is 2.39. The number of hydrogen-bond acceptors (Lipinski definition) is 5. The number of carbonyl (C=O) groups excluding carboxylic acids is 2. The second-order valence-corrected chi connectivity index (χ2v) is 9.22. The molecule has 1 aliphatic rings. The van der Waals surface area contributed by atoms with Crippen molar-refractivity contribution in [1.82, 2.24) is 9.97 Å². The maximum absolute atomic E-state index is 15.9. The van der Waals surface area contributed by atoms with Gasteiger partial charge in [0.05, 0.1) is 24.4 Å². The molecule has 1 aliphatic heterocycles. The lowest BCUT2D eigenvalue weighted by Gasteiger charge is -2.28. The molecule has 6 rings (SSSR count). The predicted molar refractivity (Wildman–Crippen MR) is 145 cm³/mol. The number of carbonyl (C=O) groups is 2. The lowest BCUT2D eigenvalue weighted by atomic mass is 9.99. The Morgan fingerprint density at radius 2 is 1.77 bits per heavy atom. The number of nitrogens with zero attached hydrogens (tertiary/aromatic N) is 2. The van der Waals surface area contributed by atoms with Gasteiger partial charge in [0, 0.05) is 58.0 Å². The number of anilines is 2. The Morgan fingerprint density at radius 3 is 2.51 bits per heavy atom. The molecule has 8 nitrogen and oxygen atoms in total. The number of fused-ring (bicyclic) bond motifs is 3. The molecular formula is C29H23F2N5O3. The van der Waals surface area contributed by atoms with E-state index in [-0.39, 0.29) is 22.5 Å². The molecule has 3 aromatic carbocycles. The number of aromatic amines is 1. The number of hydrogen-bond donors (Lipinski definition) is 3. The van der Waals surface area contributed by atoms with Gasteiger partial charge in [0.15, 0.2) is 11.5 Å². The molecule has 5 aromatic rings. The summed E-state index contributed by atoms with van der Waals surface area (Å²) < 4.78 is 34.6. The standard InChI is InChI=1S/C29H23F2N5O3/c30-17-6-4-16(5-7-17)29(38)35-22-3-1-2-19(25(22)31)21-15-33-27(28(32)37)26-24(21)20-9-8-18(14-23(20)34-26)36-10-12-39-13-11-36/h1-9,14-15,34H,10-13H2,(H2,32,37)(H,35,38). The maximum atomic E-state index is 15.9. The molecule has 0 atom stereocenters. The number of primary amides is 1. The Labute approximate surface area is 221 Å². The molecule has 0 spiro atoms. The number of ether oxygens (including phenoxy) is 1. The summed E-state index contributed by atoms with van der Waals surface area (Å²) in [5.41, 5.74) is 8.53. The SMILES string of the molecule is NC(=O)c1ncc(-c2cccc(NC(=O)c3ccc(F)cc3)c2F)c2c1[nH]c1cc(N3CCOCC3)ccc12. The molecule has 1 saturated heterocycles. The van der Waals surface area contributed by atoms with E-state index in [2.05, 4.69) is 20.2 Å². The third-order valence-electron chi connectivity index (χ3n) is 6.86. The number of benzene rings is 3. The summed E-state index contributed by atoms with van der Waals surface area (Å²) in [5.74, 6) is -2.46. The van der Waals surface area contributed by atoms with E-state index in [9.17, 15) is 14.0 Å². The summed E-state index contributed by atoms with van der Waals surface area (Å²) in [6.07, 6.45) is 1.41. The maximum Gasteiger partial charge on any atom is 0.269 e. The zero-order chi connectivity index (χ0) is 27.1. The largest absolute Gasteiger partial charge is 0.378 e. The number of H-pyrrole nitrogens is 1. The quantitative estimate of drug-likeness (QED) is 0.303. The number of halogens is 2. The number of morpholine rings is 1. The summed E-state index contributed by atoms with van der Waals surface area (Å²) in [6.45, 7) is 2.79. The van der Waals surface area contributed by atoms with Gasteiger partial charge in [-0.15, -0.1) is 0 Å². The van der Waals surface area contributed by atoms with Gasteiger partial charge in [-0.1, -0.05) is 18.2 Å². The van der Waals surface area contributed by atoms with Gasteiger partial charge >= 0.3 is 0 Å². The van der Waals surface area contributed by atoms with Crippen LogP contribution in [0.3, 0.4) is 0 Å². The molecule has 0 aliphatic carbocycles. The third kappa shape index (κ3) is 4.44. The Hall–Kier alpha value is -4.83. The number of pyridine rings is 1. The van der Waals surface area contributed by atoms with E-state index in [0.29, 0.717) is 29.7 Å². The Bertz CT molecular complexity index is 1740. The van der Waals surface area contributed by atoms with E-state index < -0.39 is 23.4 Å². The van der Waals surface area contributed by atoms with Crippen LogP contribution in [-0.4, -0.2) is 48.1 Å². The first-order valence-electron chi connectivity index (χ1n) is 12.3. The minimum absolute atomic E-state index is 0.0408. The zero-order valence-electron chi connectivity index (χ0n) is 20.6. The van der Waals surface area contributed by atoms with Gasteiger partial charge in [0.1, 0.15) is 5.82 Å². The number of aromatic nitrogens is 2. The molecule has 2 amide bonds. The average molecular weight is 528 g/mol. The minimum Gasteiger partial charge on any atom is -0.378 e. The Balaban J connectivity index is 1.46. The number of amides is 2. The number of nitrogens with one attached hydrogen (secondary N) is 2. The van der Waals surface area contributed by atoms with Crippen molar-refractivity contribution in [3.8, 4) is 11.1 Å². The van der Waals surface area contributed by atoms with Crippen molar-refractivity contribution in [2.75, 3.05) is 36.5 Å². The van der Waals surface area contributed by atoms with Crippen LogP contribution in [0.2, 0.25) is 0 Å². The first-order valence-corrected chi connectivity index (χ1v) is 12.3. The van der Waals surface area contributed by atoms with Crippen LogP contribution in [0.1, 0.15) is 20.8 Å². The van der Waals surface area contributed by atoms with Gasteiger partial charge in [0.25, 0.3) is 11.8 Å². The van der Waals surface area contributed by atoms with Crippen LogP contribution >= 0.6 is 0 Å². The van der Waals surface area contributed by atoms with Crippen molar-refractivity contribution in [1.29, 1.82) is 0 Å². The van der Waals surface area contributed by atoms with Gasteiger partial charge in [-0.25, -0.2) is 13.8 Å². The Kier molecular flexibility index (Phi) is 6.16. The lowest BCUT2D eigenvalue weighted by molar-refractivity contribution is 0.0994. The molecule has 2 aromatic heterocycles. The topological polar surface area (TPSA) is 113 Å². The summed E-state index contributed by atoms with van der Waals surface area (Å²) in [5, 5.41) is 3.91. The number of nitrogens with two attached hydrogens (primary N) is 1. The van der Waals surface area contributed by atoms with Crippen LogP contribution in [0.4, 0.5) is 20.2 Å². The first kappa shape index (κ1) is 24.5. The molecule has 0 bridgehead atoms. The van der Waals surface area contributed by atoms with Crippen LogP contribution in [0.15, 0.2) is 66.9 Å². The van der Waals surface area contributed by atoms with E-state index >= 15 is 4.39 Å². The normalized spacial score (nSPS) is 13.6. The van der Waals surface area contributed by atoms with Crippen LogP contribution in [0, 0.1) is 11.6 Å². The molecule has 10 heteroatoms. The van der Waals surface area contributed by atoms with Crippen molar-refractivity contribution in [2.45, 2.75) is 0 Å². The molecule has 3 heterocycles. The molecule has 0 radical (unpaired) electrons. The van der Waals surface area contributed by atoms with E-state index in [4.69, 9.17) is 10.5 Å². The van der Waals surface area contributed by atoms with Gasteiger partial charge in [0.2, 0.25) is 0 Å². The molecule has 4 N–H and O–H groups in total. The third-order valence-corrected chi connectivity index (χ3v) is 6.86. The monoisotopic (exact) mass is 527 g/mol. The molecule has 1 fully saturated rings. The van der Waals surface area contributed by atoms with Gasteiger partial charge in [-0.2, -0.15) is 0 Å². The molecule has 196 valence electrons. The van der Waals surface area contributed by atoms with Crippen molar-refractivity contribution >= 4 is 45.0 Å². The molecular weight excluding hydrogens is 504 g/mol. The highest BCUT2D eigenvalue weighted by molar-refractivity contribution is 6.19. The summed E-state index contributed by atoms with van der Waals surface area (Å²) in [4.78, 5) is 34.6. The van der Waals surface area contributed by atoms with Crippen LogP contribution in [0.5, 0.6) is 0 Å². The second kappa shape index (κ2) is 9.80. The molecule has 0 saturated carbocycles. The van der Waals surface area contributed by atoms with Crippen LogP contribution < -0.4 is 16.0 Å². The van der Waals surface area contributed by atoms with E-state index in [1.165, 1.54) is 24.4 Å². The van der Waals surface area contributed by atoms with Gasteiger partial charge < -0.3 is 25.7 Å². The van der Waals surface area contributed by atoms with E-state index in [1.54, 1.807) is 12.1 Å². The molecule has 0 unspecified atom stereocenters. The average Bonchev–Trinajstić information content (AvgIpc) is 3.33. The fraction of sp³-hybridized carbons (Fsp3) is 0.138. The Morgan fingerprint density at radius 1 is 1.00 bits per heavy atom. The van der Waals surface area contributed by atoms with E-state index in [0.717, 1.165) is 41.8 Å². The van der Waals surface area contributed by atoms with Crippen LogP contribution in [0.25, 0.3) is 32.9 Å². The minimum atomic E-state index is -0.715. The smallest absolute Gasteiger partial charge is 0.269 e. The second-order valence-electron chi connectivity index (χ2n) is 9.22. The molecule has 39 heavy (non-hydrogen) atoms. The van der Waals surface area contributed by atoms with E-state index in [1.807, 2.05) is 18.2 Å². The van der Waals surface area contributed by atoms with Gasteiger partial charge in [-0.05, 0) is 42.5 Å². The first-order chi connectivity index (χ1) is 18.9. The van der Waals surface area contributed by atoms with Crippen molar-refractivity contribution in [3.63, 3.8) is 0 Å². The van der Waals surface area contributed by atoms with Crippen molar-refractivity contribution < 1.29 is 23.1 Å². The number of rotatable bonds is 5. The summed E-state index contributed by atoms with van der Waals surface area (Å²) in [6, 6.07) is 15.5. The highest BCUT2D eigenvalue weighted by Gasteiger charge is 2.22.